The highest BCUT2D eigenvalue weighted by Gasteiger charge is 2.30. The summed E-state index contributed by atoms with van der Waals surface area (Å²) in [4.78, 5) is 26.1. The van der Waals surface area contributed by atoms with Crippen LogP contribution in [0.2, 0.25) is 0 Å². The van der Waals surface area contributed by atoms with E-state index in [1.807, 2.05) is 30.3 Å². The Morgan fingerprint density at radius 1 is 1.12 bits per heavy atom. The van der Waals surface area contributed by atoms with Crippen LogP contribution in [0.15, 0.2) is 30.3 Å². The van der Waals surface area contributed by atoms with Gasteiger partial charge < -0.3 is 19.7 Å². The molecule has 0 unspecified atom stereocenters. The number of urea groups is 1. The average molecular weight is 332 g/mol. The zero-order valence-corrected chi connectivity index (χ0v) is 13.8. The van der Waals surface area contributed by atoms with Gasteiger partial charge in [-0.3, -0.25) is 0 Å². The number of hydrogen-bond acceptors (Lipinski definition) is 4. The number of carbonyl (C=O) groups is 2. The molecule has 1 N–H and O–H groups in total. The summed E-state index contributed by atoms with van der Waals surface area (Å²) in [6.45, 7) is 3.08. The molecule has 0 aliphatic carbocycles. The summed E-state index contributed by atoms with van der Waals surface area (Å²) in [5, 5.41) is 2.82. The third-order valence-electron chi connectivity index (χ3n) is 4.56. The fourth-order valence-electron chi connectivity index (χ4n) is 3.13. The maximum absolute atomic E-state index is 12.7. The van der Waals surface area contributed by atoms with Crippen LogP contribution in [-0.4, -0.2) is 49.3 Å². The predicted octanol–water partition coefficient (Wildman–Crippen LogP) is 1.94. The van der Waals surface area contributed by atoms with E-state index in [1.54, 1.807) is 4.90 Å². The number of benzene rings is 1. The molecule has 1 aromatic carbocycles. The number of nitrogens with zero attached hydrogens (tertiary/aromatic N) is 1. The number of ether oxygens (including phenoxy) is 2. The lowest BCUT2D eigenvalue weighted by molar-refractivity contribution is -0.139. The minimum Gasteiger partial charge on any atom is -0.464 e. The van der Waals surface area contributed by atoms with Crippen LogP contribution in [0.25, 0.3) is 0 Å². The van der Waals surface area contributed by atoms with E-state index in [2.05, 4.69) is 5.32 Å². The van der Waals surface area contributed by atoms with Crippen LogP contribution in [0, 0.1) is 5.92 Å². The zero-order valence-electron chi connectivity index (χ0n) is 13.8. The van der Waals surface area contributed by atoms with Crippen molar-refractivity contribution in [1.82, 2.24) is 10.2 Å². The van der Waals surface area contributed by atoms with E-state index < -0.39 is 6.04 Å². The van der Waals surface area contributed by atoms with Gasteiger partial charge in [-0.1, -0.05) is 30.3 Å². The molecule has 6 heteroatoms. The second-order valence-electron chi connectivity index (χ2n) is 6.38. The van der Waals surface area contributed by atoms with Crippen molar-refractivity contribution in [2.45, 2.75) is 31.8 Å². The van der Waals surface area contributed by atoms with E-state index in [-0.39, 0.29) is 12.0 Å². The zero-order chi connectivity index (χ0) is 16.8. The first kappa shape index (κ1) is 16.8. The summed E-state index contributed by atoms with van der Waals surface area (Å²) in [7, 11) is 0. The molecule has 24 heavy (non-hydrogen) atoms. The van der Waals surface area contributed by atoms with Crippen molar-refractivity contribution in [3.63, 3.8) is 0 Å². The third kappa shape index (κ3) is 4.47. The van der Waals surface area contributed by atoms with Crippen molar-refractivity contribution < 1.29 is 19.1 Å². The van der Waals surface area contributed by atoms with Crippen LogP contribution in [0.5, 0.6) is 0 Å². The number of cyclic esters (lactones) is 1. The molecular formula is C18H24N2O4. The lowest BCUT2D eigenvalue weighted by Gasteiger charge is -2.30. The maximum Gasteiger partial charge on any atom is 0.328 e. The fraction of sp³-hybridized carbons (Fsp3) is 0.556. The molecule has 1 atom stereocenters. The van der Waals surface area contributed by atoms with Crippen LogP contribution in [0.3, 0.4) is 0 Å². The number of carbonyl (C=O) groups excluding carboxylic acids is 2. The van der Waals surface area contributed by atoms with E-state index in [0.29, 0.717) is 32.0 Å². The summed E-state index contributed by atoms with van der Waals surface area (Å²) in [6.07, 6.45) is 2.47. The van der Waals surface area contributed by atoms with Gasteiger partial charge in [-0.05, 0) is 24.3 Å². The smallest absolute Gasteiger partial charge is 0.328 e. The standard InChI is InChI=1S/C18H24N2O4/c21-17-16(8-11-24-17)19-18(22)20(12-14-4-2-1-3-5-14)13-15-6-9-23-10-7-15/h1-5,15-16H,6-13H2,(H,19,22)/t16-/m0/s1. The summed E-state index contributed by atoms with van der Waals surface area (Å²) < 4.78 is 10.3. The van der Waals surface area contributed by atoms with Gasteiger partial charge in [0.25, 0.3) is 0 Å². The van der Waals surface area contributed by atoms with E-state index in [1.165, 1.54) is 0 Å². The average Bonchev–Trinajstić information content (AvgIpc) is 3.01. The highest BCUT2D eigenvalue weighted by atomic mass is 16.5. The van der Waals surface area contributed by atoms with E-state index >= 15 is 0 Å². The summed E-state index contributed by atoms with van der Waals surface area (Å²) in [5.74, 6) is 0.0952. The van der Waals surface area contributed by atoms with E-state index in [4.69, 9.17) is 9.47 Å². The Labute approximate surface area is 142 Å². The van der Waals surface area contributed by atoms with Gasteiger partial charge in [-0.15, -0.1) is 0 Å². The highest BCUT2D eigenvalue weighted by Crippen LogP contribution is 2.18. The molecule has 2 heterocycles. The van der Waals surface area contributed by atoms with Crippen molar-refractivity contribution in [2.75, 3.05) is 26.4 Å². The van der Waals surface area contributed by atoms with Gasteiger partial charge in [-0.2, -0.15) is 0 Å². The second kappa shape index (κ2) is 8.15. The minimum absolute atomic E-state index is 0.200. The van der Waals surface area contributed by atoms with Crippen molar-refractivity contribution >= 4 is 12.0 Å². The Kier molecular flexibility index (Phi) is 5.69. The largest absolute Gasteiger partial charge is 0.464 e. The Morgan fingerprint density at radius 3 is 2.54 bits per heavy atom. The van der Waals surface area contributed by atoms with Crippen LogP contribution >= 0.6 is 0 Å². The molecule has 3 rings (SSSR count). The lowest BCUT2D eigenvalue weighted by Crippen LogP contribution is -2.48. The molecule has 6 nitrogen and oxygen atoms in total. The van der Waals surface area contributed by atoms with Gasteiger partial charge in [0.05, 0.1) is 6.61 Å². The molecule has 1 aromatic rings. The number of esters is 1. The summed E-state index contributed by atoms with van der Waals surface area (Å²) >= 11 is 0. The van der Waals surface area contributed by atoms with Gasteiger partial charge >= 0.3 is 12.0 Å². The molecule has 130 valence electrons. The Balaban J connectivity index is 1.65. The normalized spacial score (nSPS) is 21.3. The van der Waals surface area contributed by atoms with Crippen LogP contribution in [0.4, 0.5) is 4.79 Å². The fourth-order valence-corrected chi connectivity index (χ4v) is 3.13. The molecule has 2 saturated heterocycles. The molecule has 0 aromatic heterocycles. The maximum atomic E-state index is 12.7. The molecule has 0 bridgehead atoms. The first-order valence-electron chi connectivity index (χ1n) is 8.56. The van der Waals surface area contributed by atoms with Gasteiger partial charge in [0.15, 0.2) is 0 Å². The number of hydrogen-bond donors (Lipinski definition) is 1. The Hall–Kier alpha value is -2.08. The summed E-state index contributed by atoms with van der Waals surface area (Å²) in [5.41, 5.74) is 1.08. The number of amides is 2. The Bertz CT molecular complexity index is 557. The molecule has 2 fully saturated rings. The molecular weight excluding hydrogens is 308 g/mol. The molecule has 2 aliphatic heterocycles. The van der Waals surface area contributed by atoms with Crippen molar-refractivity contribution in [2.24, 2.45) is 5.92 Å². The SMILES string of the molecule is O=C1OCC[C@@H]1NC(=O)N(Cc1ccccc1)CC1CCOCC1. The van der Waals surface area contributed by atoms with Crippen molar-refractivity contribution in [1.29, 1.82) is 0 Å². The van der Waals surface area contributed by atoms with Gasteiger partial charge in [0.1, 0.15) is 6.04 Å². The predicted molar refractivity (Wildman–Crippen MR) is 88.3 cm³/mol. The molecule has 0 saturated carbocycles. The van der Waals surface area contributed by atoms with Crippen LogP contribution in [0.1, 0.15) is 24.8 Å². The second-order valence-corrected chi connectivity index (χ2v) is 6.38. The first-order chi connectivity index (χ1) is 11.7. The van der Waals surface area contributed by atoms with Crippen LogP contribution < -0.4 is 5.32 Å². The molecule has 2 amide bonds. The lowest BCUT2D eigenvalue weighted by atomic mass is 9.99. The van der Waals surface area contributed by atoms with Gasteiger partial charge in [0.2, 0.25) is 0 Å². The van der Waals surface area contributed by atoms with Gasteiger partial charge in [0, 0.05) is 32.7 Å². The van der Waals surface area contributed by atoms with Gasteiger partial charge in [-0.25, -0.2) is 9.59 Å². The number of rotatable bonds is 5. The molecule has 0 spiro atoms. The van der Waals surface area contributed by atoms with Crippen molar-refractivity contribution in [3.8, 4) is 0 Å². The topological polar surface area (TPSA) is 67.9 Å². The monoisotopic (exact) mass is 332 g/mol. The summed E-state index contributed by atoms with van der Waals surface area (Å²) in [6, 6.07) is 9.19. The first-order valence-corrected chi connectivity index (χ1v) is 8.56. The van der Waals surface area contributed by atoms with E-state index in [9.17, 15) is 9.59 Å². The highest BCUT2D eigenvalue weighted by molar-refractivity contribution is 5.84. The third-order valence-corrected chi connectivity index (χ3v) is 4.56. The van der Waals surface area contributed by atoms with Crippen LogP contribution in [-0.2, 0) is 20.8 Å². The quantitative estimate of drug-likeness (QED) is 0.837. The Morgan fingerprint density at radius 2 is 1.88 bits per heavy atom. The van der Waals surface area contributed by atoms with Crippen molar-refractivity contribution in [3.05, 3.63) is 35.9 Å². The molecule has 0 radical (unpaired) electrons. The number of nitrogens with one attached hydrogen (secondary N) is 1. The van der Waals surface area contributed by atoms with E-state index in [0.717, 1.165) is 31.6 Å². The minimum atomic E-state index is -0.523. The molecule has 2 aliphatic rings.